The van der Waals surface area contributed by atoms with Gasteiger partial charge in [-0.1, -0.05) is 26.0 Å². The Morgan fingerprint density at radius 2 is 1.81 bits per heavy atom. The fraction of sp³-hybridized carbons (Fsp3) is 0.150. The summed E-state index contributed by atoms with van der Waals surface area (Å²) in [5, 5.41) is 23.4. The van der Waals surface area contributed by atoms with Gasteiger partial charge in [-0.3, -0.25) is 5.14 Å². The van der Waals surface area contributed by atoms with Crippen LogP contribution in [-0.4, -0.2) is 14.4 Å². The van der Waals surface area contributed by atoms with Crippen molar-refractivity contribution >= 4 is 29.4 Å². The summed E-state index contributed by atoms with van der Waals surface area (Å²) in [5.41, 5.74) is 5.80. The molecule has 0 amide bonds. The monoisotopic (exact) mass is 376 g/mol. The molecular formula is C20H20N6S. The van der Waals surface area contributed by atoms with Gasteiger partial charge in [0.25, 0.3) is 0 Å². The normalized spacial score (nSPS) is 9.59. The summed E-state index contributed by atoms with van der Waals surface area (Å²) in [6.45, 7) is 6.00. The number of aromatic nitrogens is 3. The molecule has 0 saturated carbocycles. The second-order valence-electron chi connectivity index (χ2n) is 5.42. The maximum Gasteiger partial charge on any atom is 0.159 e. The maximum absolute atomic E-state index is 9.27. The number of H-pyrrole nitrogens is 1. The molecule has 3 N–H and O–H groups in total. The number of nitrogens with two attached hydrogens (primary N) is 1. The van der Waals surface area contributed by atoms with Crippen LogP contribution in [0, 0.1) is 29.6 Å². The van der Waals surface area contributed by atoms with Gasteiger partial charge in [-0.15, -0.1) is 12.8 Å². The molecule has 0 atom stereocenters. The van der Waals surface area contributed by atoms with Crippen molar-refractivity contribution in [1.82, 2.24) is 14.4 Å². The first-order valence-electron chi connectivity index (χ1n) is 8.37. The minimum atomic E-state index is 0.392. The molecular weight excluding hydrogens is 356 g/mol. The lowest BCUT2D eigenvalue weighted by Crippen LogP contribution is -1.88. The molecule has 3 heterocycles. The summed E-state index contributed by atoms with van der Waals surface area (Å²) >= 11 is 3.03. The van der Waals surface area contributed by atoms with E-state index in [0.717, 1.165) is 33.2 Å². The van der Waals surface area contributed by atoms with E-state index in [4.69, 9.17) is 5.26 Å². The molecule has 6 nitrogen and oxygen atoms in total. The zero-order valence-electron chi connectivity index (χ0n) is 15.4. The van der Waals surface area contributed by atoms with E-state index in [0.29, 0.717) is 11.3 Å². The Balaban J connectivity index is 0.000000614. The van der Waals surface area contributed by atoms with Gasteiger partial charge in [0.05, 0.1) is 11.1 Å². The highest BCUT2D eigenvalue weighted by Gasteiger charge is 2.12. The first-order chi connectivity index (χ1) is 13.2. The summed E-state index contributed by atoms with van der Waals surface area (Å²) in [4.78, 5) is 7.42. The zero-order valence-corrected chi connectivity index (χ0v) is 16.2. The molecule has 0 aliphatic heterocycles. The van der Waals surface area contributed by atoms with E-state index >= 15 is 0 Å². The lowest BCUT2D eigenvalue weighted by atomic mass is 10.00. The number of pyridine rings is 1. The van der Waals surface area contributed by atoms with E-state index in [1.54, 1.807) is 12.4 Å². The molecule has 1 aromatic carbocycles. The van der Waals surface area contributed by atoms with Gasteiger partial charge in [0.2, 0.25) is 0 Å². The third-order valence-electron chi connectivity index (χ3n) is 4.04. The molecule has 136 valence electrons. The van der Waals surface area contributed by atoms with Gasteiger partial charge in [0.15, 0.2) is 5.69 Å². The quantitative estimate of drug-likeness (QED) is 0.429. The first kappa shape index (κ1) is 20.1. The number of fused-ring (bicyclic) bond motifs is 2. The molecule has 0 fully saturated rings. The van der Waals surface area contributed by atoms with Crippen LogP contribution in [0.1, 0.15) is 30.7 Å². The molecule has 7 heteroatoms. The van der Waals surface area contributed by atoms with Crippen LogP contribution in [-0.2, 0) is 0 Å². The average molecular weight is 376 g/mol. The van der Waals surface area contributed by atoms with E-state index in [2.05, 4.69) is 34.0 Å². The molecule has 0 spiro atoms. The van der Waals surface area contributed by atoms with Crippen molar-refractivity contribution in [1.29, 1.82) is 10.5 Å². The molecule has 0 unspecified atom stereocenters. The van der Waals surface area contributed by atoms with Crippen molar-refractivity contribution < 1.29 is 0 Å². The minimum Gasteiger partial charge on any atom is -0.359 e. The van der Waals surface area contributed by atoms with E-state index in [1.165, 1.54) is 0 Å². The Bertz CT molecular complexity index is 1160. The van der Waals surface area contributed by atoms with Crippen LogP contribution < -0.4 is 5.14 Å². The number of nitriles is 2. The van der Waals surface area contributed by atoms with E-state index in [9.17, 15) is 5.26 Å². The second-order valence-corrected chi connectivity index (χ2v) is 5.42. The number of aryl methyl sites for hydroxylation is 1. The van der Waals surface area contributed by atoms with E-state index in [1.807, 2.05) is 61.7 Å². The Labute approximate surface area is 163 Å². The van der Waals surface area contributed by atoms with Crippen LogP contribution in [0.4, 0.5) is 0 Å². The zero-order chi connectivity index (χ0) is 20.0. The number of benzene rings is 1. The largest absolute Gasteiger partial charge is 0.359 e. The minimum absolute atomic E-state index is 0.392. The van der Waals surface area contributed by atoms with Crippen molar-refractivity contribution in [3.8, 4) is 23.3 Å². The van der Waals surface area contributed by atoms with Gasteiger partial charge in [-0.2, -0.15) is 10.5 Å². The highest BCUT2D eigenvalue weighted by atomic mass is 32.1. The van der Waals surface area contributed by atoms with Crippen molar-refractivity contribution in [2.75, 3.05) is 0 Å². The molecule has 0 aliphatic carbocycles. The number of hydrogen-bond donors (Lipinski definition) is 3. The average Bonchev–Trinajstić information content (AvgIpc) is 3.35. The molecule has 0 aliphatic rings. The van der Waals surface area contributed by atoms with Crippen molar-refractivity contribution in [2.45, 2.75) is 20.8 Å². The van der Waals surface area contributed by atoms with Gasteiger partial charge in [-0.25, -0.2) is 4.98 Å². The fourth-order valence-electron chi connectivity index (χ4n) is 2.95. The molecule has 0 saturated heterocycles. The van der Waals surface area contributed by atoms with Gasteiger partial charge >= 0.3 is 0 Å². The SMILES string of the molecule is CC.Cc1ccc(-c2ccc3nc(C#N)cn3c2)c2[nH]cc(C#N)c12.NS. The number of thiol groups is 1. The second kappa shape index (κ2) is 8.91. The van der Waals surface area contributed by atoms with Crippen molar-refractivity contribution in [3.05, 3.63) is 59.7 Å². The highest BCUT2D eigenvalue weighted by Crippen LogP contribution is 2.32. The summed E-state index contributed by atoms with van der Waals surface area (Å²) in [6.07, 6.45) is 5.39. The Morgan fingerprint density at radius 1 is 1.07 bits per heavy atom. The van der Waals surface area contributed by atoms with Gasteiger partial charge < -0.3 is 9.38 Å². The van der Waals surface area contributed by atoms with Crippen LogP contribution in [0.3, 0.4) is 0 Å². The summed E-state index contributed by atoms with van der Waals surface area (Å²) in [5.74, 6) is 0. The third kappa shape index (κ3) is 3.65. The molecule has 27 heavy (non-hydrogen) atoms. The summed E-state index contributed by atoms with van der Waals surface area (Å²) < 4.78 is 1.84. The molecule has 4 rings (SSSR count). The van der Waals surface area contributed by atoms with E-state index < -0.39 is 0 Å². The number of rotatable bonds is 1. The van der Waals surface area contributed by atoms with Gasteiger partial charge in [0.1, 0.15) is 17.8 Å². The van der Waals surface area contributed by atoms with Gasteiger partial charge in [-0.05, 0) is 24.6 Å². The maximum atomic E-state index is 9.27. The topological polar surface area (TPSA) is 107 Å². The number of hydrogen-bond acceptors (Lipinski definition) is 5. The predicted octanol–water partition coefficient (Wildman–Crippen LogP) is 4.35. The number of nitrogens with zero attached hydrogens (tertiary/aromatic N) is 4. The fourth-order valence-corrected chi connectivity index (χ4v) is 2.95. The van der Waals surface area contributed by atoms with Crippen LogP contribution in [0.25, 0.3) is 27.7 Å². The summed E-state index contributed by atoms with van der Waals surface area (Å²) in [6, 6.07) is 12.2. The number of aromatic amines is 1. The number of nitrogens with one attached hydrogen (secondary N) is 1. The standard InChI is InChI=1S/C18H11N5.C2H6.H3NS/c1-11-2-4-15(18-17(11)13(6-19)8-21-18)12-3-5-16-22-14(7-20)10-23(16)9-12;2*1-2/h2-5,8-10,21H,1H3;1-2H3;2H,1H2. The molecule has 4 aromatic rings. The predicted molar refractivity (Wildman–Crippen MR) is 111 cm³/mol. The Hall–Kier alpha value is -3.26. The summed E-state index contributed by atoms with van der Waals surface area (Å²) in [7, 11) is 0. The van der Waals surface area contributed by atoms with Crippen LogP contribution in [0.2, 0.25) is 0 Å². The smallest absolute Gasteiger partial charge is 0.159 e. The molecule has 3 aromatic heterocycles. The molecule has 0 bridgehead atoms. The highest BCUT2D eigenvalue weighted by molar-refractivity contribution is 7.77. The van der Waals surface area contributed by atoms with Crippen LogP contribution in [0.5, 0.6) is 0 Å². The van der Waals surface area contributed by atoms with E-state index in [-0.39, 0.29) is 0 Å². The lowest BCUT2D eigenvalue weighted by Gasteiger charge is -2.07. The first-order valence-corrected chi connectivity index (χ1v) is 8.89. The third-order valence-corrected chi connectivity index (χ3v) is 4.04. The van der Waals surface area contributed by atoms with Crippen LogP contribution in [0.15, 0.2) is 42.9 Å². The van der Waals surface area contributed by atoms with Crippen molar-refractivity contribution in [2.24, 2.45) is 5.14 Å². The van der Waals surface area contributed by atoms with Crippen molar-refractivity contribution in [3.63, 3.8) is 0 Å². The van der Waals surface area contributed by atoms with Gasteiger partial charge in [0, 0.05) is 35.1 Å². The molecule has 0 radical (unpaired) electrons. The Morgan fingerprint density at radius 3 is 2.48 bits per heavy atom. The van der Waals surface area contributed by atoms with Crippen LogP contribution >= 0.6 is 12.8 Å². The number of imidazole rings is 1. The Kier molecular flexibility index (Phi) is 6.62. The lowest BCUT2D eigenvalue weighted by molar-refractivity contribution is 1.19.